The molecule has 2 atom stereocenters. The van der Waals surface area contributed by atoms with Gasteiger partial charge in [0.25, 0.3) is 0 Å². The molecule has 5 nitrogen and oxygen atoms in total. The van der Waals surface area contributed by atoms with Crippen LogP contribution in [0.25, 0.3) is 0 Å². The highest BCUT2D eigenvalue weighted by Crippen LogP contribution is 2.15. The number of fused-ring (bicyclic) bond motifs is 2. The van der Waals surface area contributed by atoms with E-state index in [1.807, 2.05) is 0 Å². The quantitative estimate of drug-likeness (QED) is 0.772. The zero-order valence-electron chi connectivity index (χ0n) is 13.9. The Hall–Kier alpha value is -1.01. The van der Waals surface area contributed by atoms with Gasteiger partial charge in [0.2, 0.25) is 0 Å². The van der Waals surface area contributed by atoms with Crippen LogP contribution in [0.3, 0.4) is 0 Å². The summed E-state index contributed by atoms with van der Waals surface area (Å²) in [6.45, 7) is 9.36. The molecule has 2 unspecified atom stereocenters. The van der Waals surface area contributed by atoms with Crippen molar-refractivity contribution < 1.29 is 5.11 Å². The van der Waals surface area contributed by atoms with E-state index in [2.05, 4.69) is 47.6 Å². The molecule has 0 spiro atoms. The molecule has 2 rings (SSSR count). The third-order valence-corrected chi connectivity index (χ3v) is 4.30. The van der Waals surface area contributed by atoms with Gasteiger partial charge in [0.1, 0.15) is 0 Å². The maximum atomic E-state index is 9.18. The molecule has 0 fully saturated rings. The highest BCUT2D eigenvalue weighted by molar-refractivity contribution is 5.16. The van der Waals surface area contributed by atoms with E-state index in [0.29, 0.717) is 0 Å². The molecule has 0 radical (unpaired) electrons. The normalized spacial score (nSPS) is 25.6. The zero-order valence-corrected chi connectivity index (χ0v) is 13.9. The Morgan fingerprint density at radius 2 is 1.64 bits per heavy atom. The highest BCUT2D eigenvalue weighted by atomic mass is 16.3. The summed E-state index contributed by atoms with van der Waals surface area (Å²) < 4.78 is 0. The molecule has 1 aliphatic rings. The third kappa shape index (κ3) is 5.32. The van der Waals surface area contributed by atoms with E-state index in [1.165, 1.54) is 0 Å². The molecule has 2 bridgehead atoms. The number of aromatic nitrogens is 1. The van der Waals surface area contributed by atoms with Crippen LogP contribution < -0.4 is 10.6 Å². The molecule has 2 heterocycles. The molecule has 1 aliphatic heterocycles. The SMILES string of the molecule is CC1NCCCN(CCO)CCCNC(C)c2cccc1n2. The monoisotopic (exact) mass is 306 g/mol. The first-order chi connectivity index (χ1) is 10.7. The van der Waals surface area contributed by atoms with Gasteiger partial charge in [-0.1, -0.05) is 6.07 Å². The van der Waals surface area contributed by atoms with Crippen LogP contribution >= 0.6 is 0 Å². The number of nitrogens with zero attached hydrogens (tertiary/aromatic N) is 2. The Balaban J connectivity index is 2.03. The Bertz CT molecular complexity index is 407. The van der Waals surface area contributed by atoms with Gasteiger partial charge in [0.15, 0.2) is 0 Å². The molecule has 22 heavy (non-hydrogen) atoms. The molecule has 124 valence electrons. The van der Waals surface area contributed by atoms with Crippen molar-refractivity contribution in [3.63, 3.8) is 0 Å². The Morgan fingerprint density at radius 3 is 2.14 bits per heavy atom. The van der Waals surface area contributed by atoms with Gasteiger partial charge in [-0.25, -0.2) is 0 Å². The van der Waals surface area contributed by atoms with Crippen molar-refractivity contribution in [1.82, 2.24) is 20.5 Å². The van der Waals surface area contributed by atoms with E-state index in [4.69, 9.17) is 4.98 Å². The van der Waals surface area contributed by atoms with E-state index in [9.17, 15) is 5.11 Å². The van der Waals surface area contributed by atoms with Crippen LogP contribution in [0.1, 0.15) is 50.2 Å². The average molecular weight is 306 g/mol. The zero-order chi connectivity index (χ0) is 15.8. The topological polar surface area (TPSA) is 60.4 Å². The van der Waals surface area contributed by atoms with Gasteiger partial charge < -0.3 is 20.6 Å². The van der Waals surface area contributed by atoms with Crippen molar-refractivity contribution in [3.8, 4) is 0 Å². The molecule has 0 aromatic carbocycles. The molecule has 1 aromatic rings. The van der Waals surface area contributed by atoms with Crippen molar-refractivity contribution in [1.29, 1.82) is 0 Å². The summed E-state index contributed by atoms with van der Waals surface area (Å²) in [4.78, 5) is 7.15. The second kappa shape index (κ2) is 9.20. The molecular weight excluding hydrogens is 276 g/mol. The summed E-state index contributed by atoms with van der Waals surface area (Å²) in [6, 6.07) is 6.82. The predicted molar refractivity (Wildman–Crippen MR) is 89.8 cm³/mol. The highest BCUT2D eigenvalue weighted by Gasteiger charge is 2.12. The van der Waals surface area contributed by atoms with Crippen molar-refractivity contribution in [3.05, 3.63) is 29.6 Å². The van der Waals surface area contributed by atoms with Crippen LogP contribution in [0.15, 0.2) is 18.2 Å². The van der Waals surface area contributed by atoms with Gasteiger partial charge in [-0.2, -0.15) is 0 Å². The average Bonchev–Trinajstić information content (AvgIpc) is 2.54. The van der Waals surface area contributed by atoms with Crippen LogP contribution in [0.4, 0.5) is 0 Å². The van der Waals surface area contributed by atoms with Crippen molar-refractivity contribution >= 4 is 0 Å². The van der Waals surface area contributed by atoms with E-state index < -0.39 is 0 Å². The van der Waals surface area contributed by atoms with E-state index >= 15 is 0 Å². The van der Waals surface area contributed by atoms with Gasteiger partial charge >= 0.3 is 0 Å². The summed E-state index contributed by atoms with van der Waals surface area (Å²) in [5.41, 5.74) is 2.21. The first kappa shape index (κ1) is 17.3. The Labute approximate surface area is 134 Å². The fraction of sp³-hybridized carbons (Fsp3) is 0.706. The fourth-order valence-electron chi connectivity index (χ4n) is 2.88. The number of pyridine rings is 1. The number of aliphatic hydroxyl groups excluding tert-OH is 1. The lowest BCUT2D eigenvalue weighted by atomic mass is 10.1. The minimum absolute atomic E-state index is 0.238. The van der Waals surface area contributed by atoms with Crippen LogP contribution in [0.5, 0.6) is 0 Å². The van der Waals surface area contributed by atoms with Crippen molar-refractivity contribution in [2.75, 3.05) is 39.3 Å². The molecule has 0 amide bonds. The number of aliphatic hydroxyl groups is 1. The number of hydrogen-bond acceptors (Lipinski definition) is 5. The minimum atomic E-state index is 0.238. The van der Waals surface area contributed by atoms with Crippen LogP contribution in [-0.4, -0.2) is 54.3 Å². The number of hydrogen-bond donors (Lipinski definition) is 3. The molecular formula is C17H30N4O. The lowest BCUT2D eigenvalue weighted by molar-refractivity contribution is 0.191. The summed E-state index contributed by atoms with van der Waals surface area (Å²) in [5.74, 6) is 0. The lowest BCUT2D eigenvalue weighted by Gasteiger charge is -2.24. The van der Waals surface area contributed by atoms with Gasteiger partial charge in [0.05, 0.1) is 18.0 Å². The van der Waals surface area contributed by atoms with Crippen molar-refractivity contribution in [2.24, 2.45) is 0 Å². The molecule has 5 heteroatoms. The van der Waals surface area contributed by atoms with E-state index in [-0.39, 0.29) is 18.7 Å². The maximum absolute atomic E-state index is 9.18. The number of rotatable bonds is 2. The second-order valence-corrected chi connectivity index (χ2v) is 6.11. The first-order valence-electron chi connectivity index (χ1n) is 8.47. The predicted octanol–water partition coefficient (Wildman–Crippen LogP) is 1.47. The molecule has 0 saturated heterocycles. The number of β-amino-alcohol motifs (C(OH)–C–C–N with tert-alkyl or cyclic N) is 1. The summed E-state index contributed by atoms with van der Waals surface area (Å²) in [6.07, 6.45) is 2.18. The summed E-state index contributed by atoms with van der Waals surface area (Å²) >= 11 is 0. The third-order valence-electron chi connectivity index (χ3n) is 4.30. The van der Waals surface area contributed by atoms with Gasteiger partial charge in [-0.3, -0.25) is 4.98 Å². The van der Waals surface area contributed by atoms with Crippen LogP contribution in [0, 0.1) is 0 Å². The first-order valence-corrected chi connectivity index (χ1v) is 8.47. The standard InChI is InChI=1S/C17H30N4O/c1-14-16-6-3-7-17(20-16)15(2)19-9-5-11-21(12-13-22)10-4-8-18-14/h3,6-7,14-15,18-19,22H,4-5,8-13H2,1-2H3. The lowest BCUT2D eigenvalue weighted by Crippen LogP contribution is -2.34. The van der Waals surface area contributed by atoms with Gasteiger partial charge in [-0.15, -0.1) is 0 Å². The smallest absolute Gasteiger partial charge is 0.0574 e. The van der Waals surface area contributed by atoms with E-state index in [0.717, 1.165) is 57.0 Å². The molecule has 0 saturated carbocycles. The second-order valence-electron chi connectivity index (χ2n) is 6.11. The maximum Gasteiger partial charge on any atom is 0.0574 e. The summed E-state index contributed by atoms with van der Waals surface area (Å²) in [5, 5.41) is 16.3. The van der Waals surface area contributed by atoms with E-state index in [1.54, 1.807) is 0 Å². The van der Waals surface area contributed by atoms with Crippen molar-refractivity contribution in [2.45, 2.75) is 38.8 Å². The fourth-order valence-corrected chi connectivity index (χ4v) is 2.88. The van der Waals surface area contributed by atoms with Crippen LogP contribution in [-0.2, 0) is 0 Å². The van der Waals surface area contributed by atoms with Crippen LogP contribution in [0.2, 0.25) is 0 Å². The number of nitrogens with one attached hydrogen (secondary N) is 2. The minimum Gasteiger partial charge on any atom is -0.395 e. The largest absolute Gasteiger partial charge is 0.395 e. The Kier molecular flexibility index (Phi) is 7.25. The van der Waals surface area contributed by atoms with Gasteiger partial charge in [0, 0.05) is 18.6 Å². The molecule has 1 aromatic heterocycles. The molecule has 0 aliphatic carbocycles. The Morgan fingerprint density at radius 1 is 1.09 bits per heavy atom. The molecule has 3 N–H and O–H groups in total. The van der Waals surface area contributed by atoms with Gasteiger partial charge in [-0.05, 0) is 65.0 Å². The summed E-state index contributed by atoms with van der Waals surface area (Å²) in [7, 11) is 0.